The Labute approximate surface area is 174 Å². The van der Waals surface area contributed by atoms with E-state index < -0.39 is 0 Å². The van der Waals surface area contributed by atoms with Crippen LogP contribution in [0.1, 0.15) is 44.5 Å². The van der Waals surface area contributed by atoms with Crippen LogP contribution in [0.25, 0.3) is 0 Å². The first-order valence-electron chi connectivity index (χ1n) is 9.83. The minimum Gasteiger partial charge on any atom is -0.484 e. The first-order chi connectivity index (χ1) is 13.6. The maximum absolute atomic E-state index is 12.6. The summed E-state index contributed by atoms with van der Waals surface area (Å²) >= 11 is 7.65. The van der Waals surface area contributed by atoms with Gasteiger partial charge in [0.2, 0.25) is 5.91 Å². The Bertz CT molecular complexity index is 839. The zero-order chi connectivity index (χ0) is 19.5. The monoisotopic (exact) mass is 420 g/mol. The number of para-hydroxylation sites is 1. The lowest BCUT2D eigenvalue weighted by Gasteiger charge is -2.30. The van der Waals surface area contributed by atoms with Crippen molar-refractivity contribution in [2.24, 2.45) is 5.92 Å². The minimum absolute atomic E-state index is 0.191. The number of aromatic nitrogens is 3. The number of hydrogen-bond acceptors (Lipinski definition) is 5. The molecule has 1 saturated carbocycles. The van der Waals surface area contributed by atoms with Gasteiger partial charge in [0.15, 0.2) is 11.0 Å². The molecule has 2 heterocycles. The molecular weight excluding hydrogens is 396 g/mol. The molecule has 150 valence electrons. The number of carbonyl (C=O) groups is 1. The van der Waals surface area contributed by atoms with Gasteiger partial charge in [0.05, 0.1) is 10.8 Å². The van der Waals surface area contributed by atoms with Crippen molar-refractivity contribution in [1.29, 1.82) is 0 Å². The van der Waals surface area contributed by atoms with Crippen molar-refractivity contribution < 1.29 is 9.53 Å². The van der Waals surface area contributed by atoms with Crippen molar-refractivity contribution in [1.82, 2.24) is 19.7 Å². The second-order valence-corrected chi connectivity index (χ2v) is 8.94. The molecule has 1 aliphatic heterocycles. The highest BCUT2D eigenvalue weighted by atomic mass is 35.5. The van der Waals surface area contributed by atoms with E-state index in [1.807, 2.05) is 23.1 Å². The predicted octanol–water partition coefficient (Wildman–Crippen LogP) is 4.20. The van der Waals surface area contributed by atoms with Gasteiger partial charge in [-0.25, -0.2) is 0 Å². The summed E-state index contributed by atoms with van der Waals surface area (Å²) in [5.74, 6) is 2.60. The quantitative estimate of drug-likeness (QED) is 0.628. The highest BCUT2D eigenvalue weighted by molar-refractivity contribution is 7.99. The largest absolute Gasteiger partial charge is 0.484 e. The molecule has 1 unspecified atom stereocenters. The second kappa shape index (κ2) is 8.74. The van der Waals surface area contributed by atoms with Crippen LogP contribution in [0.15, 0.2) is 29.4 Å². The van der Waals surface area contributed by atoms with Crippen LogP contribution in [0.4, 0.5) is 0 Å². The van der Waals surface area contributed by atoms with Gasteiger partial charge < -0.3 is 9.64 Å². The number of nitrogens with zero attached hydrogens (tertiary/aromatic N) is 4. The molecular formula is C20H25ClN4O2S. The molecule has 2 aromatic rings. The van der Waals surface area contributed by atoms with Gasteiger partial charge in [-0.2, -0.15) is 0 Å². The molecule has 0 radical (unpaired) electrons. The summed E-state index contributed by atoms with van der Waals surface area (Å²) in [6.45, 7) is 4.26. The number of hydrogen-bond donors (Lipinski definition) is 0. The molecule has 6 nitrogen and oxygen atoms in total. The fourth-order valence-corrected chi connectivity index (χ4v) is 4.66. The number of amides is 1. The van der Waals surface area contributed by atoms with Gasteiger partial charge in [-0.1, -0.05) is 42.4 Å². The molecule has 0 spiro atoms. The summed E-state index contributed by atoms with van der Waals surface area (Å²) < 4.78 is 7.98. The molecule has 1 aromatic carbocycles. The van der Waals surface area contributed by atoms with Crippen LogP contribution in [0.3, 0.4) is 0 Å². The molecule has 1 saturated heterocycles. The van der Waals surface area contributed by atoms with Crippen LogP contribution in [0.5, 0.6) is 5.75 Å². The van der Waals surface area contributed by atoms with Crippen LogP contribution in [-0.2, 0) is 11.4 Å². The van der Waals surface area contributed by atoms with Gasteiger partial charge in [-0.05, 0) is 43.7 Å². The van der Waals surface area contributed by atoms with Crippen LogP contribution < -0.4 is 4.74 Å². The molecule has 4 rings (SSSR count). The van der Waals surface area contributed by atoms with E-state index in [0.717, 1.165) is 43.3 Å². The summed E-state index contributed by atoms with van der Waals surface area (Å²) in [7, 11) is 0. The van der Waals surface area contributed by atoms with Crippen molar-refractivity contribution in [2.75, 3.05) is 18.8 Å². The molecule has 8 heteroatoms. The van der Waals surface area contributed by atoms with Crippen LogP contribution in [-0.4, -0.2) is 44.4 Å². The normalized spacial score (nSPS) is 19.6. The fraction of sp³-hybridized carbons (Fsp3) is 0.550. The lowest BCUT2D eigenvalue weighted by Crippen LogP contribution is -2.40. The van der Waals surface area contributed by atoms with Crippen LogP contribution in [0.2, 0.25) is 5.02 Å². The minimum atomic E-state index is 0.191. The predicted molar refractivity (Wildman–Crippen MR) is 110 cm³/mol. The Balaban J connectivity index is 1.39. The number of piperidine rings is 1. The van der Waals surface area contributed by atoms with Crippen LogP contribution in [0, 0.1) is 5.92 Å². The van der Waals surface area contributed by atoms with Crippen molar-refractivity contribution in [3.63, 3.8) is 0 Å². The highest BCUT2D eigenvalue weighted by Crippen LogP contribution is 2.39. The molecule has 28 heavy (non-hydrogen) atoms. The topological polar surface area (TPSA) is 60.3 Å². The van der Waals surface area contributed by atoms with Gasteiger partial charge in [-0.3, -0.25) is 9.36 Å². The van der Waals surface area contributed by atoms with Crippen molar-refractivity contribution in [2.45, 2.75) is 50.4 Å². The van der Waals surface area contributed by atoms with E-state index in [2.05, 4.69) is 21.7 Å². The lowest BCUT2D eigenvalue weighted by molar-refractivity contribution is -0.130. The Kier molecular flexibility index (Phi) is 6.11. The molecule has 0 bridgehead atoms. The first kappa shape index (κ1) is 19.6. The number of rotatable bonds is 7. The smallest absolute Gasteiger partial charge is 0.233 e. The van der Waals surface area contributed by atoms with Gasteiger partial charge in [0.25, 0.3) is 0 Å². The van der Waals surface area contributed by atoms with Gasteiger partial charge >= 0.3 is 0 Å². The van der Waals surface area contributed by atoms with Crippen molar-refractivity contribution >= 4 is 29.3 Å². The standard InChI is InChI=1S/C20H25ClN4O2S/c1-14-5-4-10-24(11-14)19(26)13-28-20-23-22-18(25(20)15-8-9-15)12-27-17-7-3-2-6-16(17)21/h2-3,6-7,14-15H,4-5,8-13H2,1H3. The number of thioether (sulfide) groups is 1. The van der Waals surface area contributed by atoms with E-state index in [4.69, 9.17) is 16.3 Å². The zero-order valence-electron chi connectivity index (χ0n) is 16.0. The lowest BCUT2D eigenvalue weighted by atomic mass is 10.0. The van der Waals surface area contributed by atoms with Crippen LogP contribution >= 0.6 is 23.4 Å². The Morgan fingerprint density at radius 2 is 2.11 bits per heavy atom. The third-order valence-corrected chi connectivity index (χ3v) is 6.42. The van der Waals surface area contributed by atoms with E-state index in [-0.39, 0.29) is 5.91 Å². The van der Waals surface area contributed by atoms with Gasteiger partial charge in [-0.15, -0.1) is 10.2 Å². The second-order valence-electron chi connectivity index (χ2n) is 7.59. The van der Waals surface area contributed by atoms with E-state index in [9.17, 15) is 4.79 Å². The van der Waals surface area contributed by atoms with E-state index >= 15 is 0 Å². The Morgan fingerprint density at radius 3 is 2.86 bits per heavy atom. The summed E-state index contributed by atoms with van der Waals surface area (Å²) in [6.07, 6.45) is 4.53. The van der Waals surface area contributed by atoms with Crippen molar-refractivity contribution in [3.8, 4) is 5.75 Å². The third-order valence-electron chi connectivity index (χ3n) is 5.18. The van der Waals surface area contributed by atoms with E-state index in [1.165, 1.54) is 18.2 Å². The average molecular weight is 421 g/mol. The fourth-order valence-electron chi connectivity index (χ4n) is 3.54. The molecule has 1 atom stereocenters. The number of ether oxygens (including phenoxy) is 1. The summed E-state index contributed by atoms with van der Waals surface area (Å²) in [6, 6.07) is 7.82. The maximum atomic E-state index is 12.6. The number of halogens is 1. The number of carbonyl (C=O) groups excluding carboxylic acids is 1. The van der Waals surface area contributed by atoms with Gasteiger partial charge in [0.1, 0.15) is 12.4 Å². The van der Waals surface area contributed by atoms with Crippen molar-refractivity contribution in [3.05, 3.63) is 35.1 Å². The van der Waals surface area contributed by atoms with Gasteiger partial charge in [0, 0.05) is 19.1 Å². The SMILES string of the molecule is CC1CCCN(C(=O)CSc2nnc(COc3ccccc3Cl)n2C2CC2)C1. The third kappa shape index (κ3) is 4.63. The number of likely N-dealkylation sites (tertiary alicyclic amines) is 1. The Hall–Kier alpha value is -1.73. The summed E-state index contributed by atoms with van der Waals surface area (Å²) in [4.78, 5) is 14.6. The molecule has 1 aliphatic carbocycles. The molecule has 2 aliphatic rings. The summed E-state index contributed by atoms with van der Waals surface area (Å²) in [5.41, 5.74) is 0. The first-order valence-corrected chi connectivity index (χ1v) is 11.2. The molecule has 0 N–H and O–H groups in total. The Morgan fingerprint density at radius 1 is 1.29 bits per heavy atom. The zero-order valence-corrected chi connectivity index (χ0v) is 17.6. The van der Waals surface area contributed by atoms with E-state index in [1.54, 1.807) is 6.07 Å². The van der Waals surface area contributed by atoms with E-state index in [0.29, 0.717) is 35.1 Å². The number of benzene rings is 1. The molecule has 1 amide bonds. The maximum Gasteiger partial charge on any atom is 0.233 e. The summed E-state index contributed by atoms with van der Waals surface area (Å²) in [5, 5.41) is 10.0. The highest BCUT2D eigenvalue weighted by Gasteiger charge is 2.30. The molecule has 2 fully saturated rings. The molecule has 1 aromatic heterocycles. The average Bonchev–Trinajstić information content (AvgIpc) is 3.45.